The second-order valence-corrected chi connectivity index (χ2v) is 7.07. The summed E-state index contributed by atoms with van der Waals surface area (Å²) < 4.78 is 5.71. The van der Waals surface area contributed by atoms with Crippen LogP contribution in [0.1, 0.15) is 11.1 Å². The monoisotopic (exact) mass is 438 g/mol. The van der Waals surface area contributed by atoms with Gasteiger partial charge in [0.2, 0.25) is 0 Å². The van der Waals surface area contributed by atoms with Crippen molar-refractivity contribution < 1.29 is 14.6 Å². The Balaban J connectivity index is 1.66. The molecule has 0 radical (unpaired) electrons. The predicted molar refractivity (Wildman–Crippen MR) is 118 cm³/mol. The molecule has 30 heavy (non-hydrogen) atoms. The third-order valence-electron chi connectivity index (χ3n) is 4.08. The second kappa shape index (κ2) is 9.84. The molecular formula is C23H16Cl2N2O3. The first kappa shape index (κ1) is 21.3. The van der Waals surface area contributed by atoms with Crippen molar-refractivity contribution in [3.8, 4) is 17.6 Å². The zero-order chi connectivity index (χ0) is 21.5. The van der Waals surface area contributed by atoms with Crippen molar-refractivity contribution in [2.75, 3.05) is 5.32 Å². The minimum atomic E-state index is -0.587. The van der Waals surface area contributed by atoms with Crippen molar-refractivity contribution in [2.24, 2.45) is 0 Å². The van der Waals surface area contributed by atoms with E-state index >= 15 is 0 Å². The summed E-state index contributed by atoms with van der Waals surface area (Å²) in [6.07, 6.45) is 1.34. The Hall–Kier alpha value is -3.46. The van der Waals surface area contributed by atoms with E-state index in [4.69, 9.17) is 27.9 Å². The van der Waals surface area contributed by atoms with E-state index in [1.807, 2.05) is 36.4 Å². The lowest BCUT2D eigenvalue weighted by molar-refractivity contribution is -0.112. The highest BCUT2D eigenvalue weighted by Gasteiger charge is 2.12. The molecule has 0 saturated carbocycles. The number of benzene rings is 3. The lowest BCUT2D eigenvalue weighted by Crippen LogP contribution is -2.13. The van der Waals surface area contributed by atoms with Gasteiger partial charge in [-0.1, -0.05) is 53.5 Å². The zero-order valence-electron chi connectivity index (χ0n) is 15.6. The number of nitriles is 1. The smallest absolute Gasteiger partial charge is 0.266 e. The van der Waals surface area contributed by atoms with Crippen molar-refractivity contribution in [2.45, 2.75) is 6.61 Å². The molecule has 3 aromatic rings. The Kier molecular flexibility index (Phi) is 6.97. The number of carbonyl (C=O) groups excluding carboxylic acids is 1. The molecule has 5 nitrogen and oxygen atoms in total. The van der Waals surface area contributed by atoms with Crippen LogP contribution in [0.15, 0.2) is 72.3 Å². The van der Waals surface area contributed by atoms with Gasteiger partial charge < -0.3 is 15.2 Å². The van der Waals surface area contributed by atoms with Gasteiger partial charge in [0.15, 0.2) is 5.75 Å². The van der Waals surface area contributed by atoms with Gasteiger partial charge in [-0.3, -0.25) is 4.79 Å². The molecule has 0 atom stereocenters. The van der Waals surface area contributed by atoms with Gasteiger partial charge in [-0.2, -0.15) is 5.26 Å². The summed E-state index contributed by atoms with van der Waals surface area (Å²) in [4.78, 5) is 12.4. The van der Waals surface area contributed by atoms with Crippen LogP contribution in [0.2, 0.25) is 10.0 Å². The standard InChI is InChI=1S/C23H16Cl2N2O3/c24-20-11-16(12-21(25)22(20)28)10-17(13-26)23(29)27-18-6-8-19(9-7-18)30-14-15-4-2-1-3-5-15/h1-12,28H,14H2,(H,27,29)/b17-10+. The number of hydrogen-bond donors (Lipinski definition) is 2. The van der Waals surface area contributed by atoms with E-state index in [-0.39, 0.29) is 21.4 Å². The normalized spacial score (nSPS) is 10.9. The second-order valence-electron chi connectivity index (χ2n) is 6.26. The molecular weight excluding hydrogens is 423 g/mol. The Bertz CT molecular complexity index is 1100. The molecule has 0 unspecified atom stereocenters. The molecule has 150 valence electrons. The van der Waals surface area contributed by atoms with Crippen LogP contribution in [0.5, 0.6) is 11.5 Å². The van der Waals surface area contributed by atoms with Gasteiger partial charge in [-0.15, -0.1) is 0 Å². The summed E-state index contributed by atoms with van der Waals surface area (Å²) in [5.74, 6) is -0.190. The predicted octanol–water partition coefficient (Wildman–Crippen LogP) is 5.82. The van der Waals surface area contributed by atoms with Crippen LogP contribution in [-0.2, 0) is 11.4 Å². The van der Waals surface area contributed by atoms with Gasteiger partial charge in [0, 0.05) is 5.69 Å². The minimum absolute atomic E-state index is 0.0255. The van der Waals surface area contributed by atoms with E-state index in [0.717, 1.165) is 5.56 Å². The highest BCUT2D eigenvalue weighted by Crippen LogP contribution is 2.33. The number of halogens is 2. The van der Waals surface area contributed by atoms with Crippen LogP contribution in [-0.4, -0.2) is 11.0 Å². The summed E-state index contributed by atoms with van der Waals surface area (Å²) in [6, 6.07) is 21.3. The summed E-state index contributed by atoms with van der Waals surface area (Å²) in [6.45, 7) is 0.436. The number of rotatable bonds is 6. The van der Waals surface area contributed by atoms with Crippen LogP contribution < -0.4 is 10.1 Å². The first-order chi connectivity index (χ1) is 14.5. The molecule has 0 fully saturated rings. The first-order valence-corrected chi connectivity index (χ1v) is 9.60. The molecule has 0 heterocycles. The van der Waals surface area contributed by atoms with E-state index in [1.54, 1.807) is 24.3 Å². The highest BCUT2D eigenvalue weighted by molar-refractivity contribution is 6.37. The number of ether oxygens (including phenoxy) is 1. The number of nitrogens with one attached hydrogen (secondary N) is 1. The van der Waals surface area contributed by atoms with Gasteiger partial charge >= 0.3 is 0 Å². The molecule has 0 aliphatic rings. The summed E-state index contributed by atoms with van der Waals surface area (Å²) in [5, 5.41) is 21.7. The van der Waals surface area contributed by atoms with Crippen molar-refractivity contribution in [1.29, 1.82) is 5.26 Å². The topological polar surface area (TPSA) is 82.3 Å². The van der Waals surface area contributed by atoms with Gasteiger partial charge in [-0.25, -0.2) is 0 Å². The third-order valence-corrected chi connectivity index (χ3v) is 4.65. The number of carbonyl (C=O) groups is 1. The van der Waals surface area contributed by atoms with Crippen molar-refractivity contribution in [1.82, 2.24) is 0 Å². The number of phenolic OH excluding ortho intramolecular Hbond substituents is 1. The third kappa shape index (κ3) is 5.54. The van der Waals surface area contributed by atoms with Crippen LogP contribution in [0.4, 0.5) is 5.69 Å². The van der Waals surface area contributed by atoms with Crippen molar-refractivity contribution in [3.05, 3.63) is 93.5 Å². The molecule has 3 aromatic carbocycles. The molecule has 2 N–H and O–H groups in total. The number of phenols is 1. The summed E-state index contributed by atoms with van der Waals surface area (Å²) >= 11 is 11.8. The van der Waals surface area contributed by atoms with Gasteiger partial charge in [0.05, 0.1) is 10.0 Å². The first-order valence-electron chi connectivity index (χ1n) is 8.84. The fourth-order valence-electron chi connectivity index (χ4n) is 2.56. The molecule has 0 spiro atoms. The van der Waals surface area contributed by atoms with E-state index in [9.17, 15) is 15.2 Å². The fraction of sp³-hybridized carbons (Fsp3) is 0.0435. The molecule has 7 heteroatoms. The van der Waals surface area contributed by atoms with Crippen LogP contribution >= 0.6 is 23.2 Å². The maximum atomic E-state index is 12.4. The molecule has 0 bridgehead atoms. The Morgan fingerprint density at radius 2 is 1.70 bits per heavy atom. The molecule has 0 aliphatic carbocycles. The summed E-state index contributed by atoms with van der Waals surface area (Å²) in [7, 11) is 0. The Labute approximate surface area is 183 Å². The molecule has 0 aromatic heterocycles. The quantitative estimate of drug-likeness (QED) is 0.374. The Morgan fingerprint density at radius 3 is 2.30 bits per heavy atom. The lowest BCUT2D eigenvalue weighted by atomic mass is 10.1. The maximum absolute atomic E-state index is 12.4. The van der Waals surface area contributed by atoms with Crippen molar-refractivity contribution in [3.63, 3.8) is 0 Å². The van der Waals surface area contributed by atoms with E-state index in [1.165, 1.54) is 18.2 Å². The van der Waals surface area contributed by atoms with E-state index in [0.29, 0.717) is 23.6 Å². The average molecular weight is 439 g/mol. The number of hydrogen-bond acceptors (Lipinski definition) is 4. The molecule has 3 rings (SSSR count). The zero-order valence-corrected chi connectivity index (χ0v) is 17.1. The number of nitrogens with zero attached hydrogens (tertiary/aromatic N) is 1. The largest absolute Gasteiger partial charge is 0.505 e. The molecule has 1 amide bonds. The highest BCUT2D eigenvalue weighted by atomic mass is 35.5. The fourth-order valence-corrected chi connectivity index (χ4v) is 3.06. The van der Waals surface area contributed by atoms with Gasteiger partial charge in [0.25, 0.3) is 5.91 Å². The van der Waals surface area contributed by atoms with E-state index < -0.39 is 5.91 Å². The molecule has 0 saturated heterocycles. The average Bonchev–Trinajstić information content (AvgIpc) is 2.76. The maximum Gasteiger partial charge on any atom is 0.266 e. The Morgan fingerprint density at radius 1 is 1.07 bits per heavy atom. The number of anilines is 1. The van der Waals surface area contributed by atoms with Crippen LogP contribution in [0.3, 0.4) is 0 Å². The van der Waals surface area contributed by atoms with Crippen LogP contribution in [0.25, 0.3) is 6.08 Å². The summed E-state index contributed by atoms with van der Waals surface area (Å²) in [5.41, 5.74) is 1.83. The van der Waals surface area contributed by atoms with E-state index in [2.05, 4.69) is 5.32 Å². The van der Waals surface area contributed by atoms with Gasteiger partial charge in [0.1, 0.15) is 24.0 Å². The SMILES string of the molecule is N#C/C(=C\c1cc(Cl)c(O)c(Cl)c1)C(=O)Nc1ccc(OCc2ccccc2)cc1. The lowest BCUT2D eigenvalue weighted by Gasteiger charge is -2.08. The minimum Gasteiger partial charge on any atom is -0.505 e. The number of amides is 1. The van der Waals surface area contributed by atoms with Crippen molar-refractivity contribution >= 4 is 40.9 Å². The molecule has 0 aliphatic heterocycles. The van der Waals surface area contributed by atoms with Gasteiger partial charge in [-0.05, 0) is 53.6 Å². The number of aromatic hydroxyl groups is 1. The van der Waals surface area contributed by atoms with Crippen LogP contribution in [0, 0.1) is 11.3 Å².